The van der Waals surface area contributed by atoms with E-state index in [1.807, 2.05) is 35.9 Å². The predicted octanol–water partition coefficient (Wildman–Crippen LogP) is 3.72. The van der Waals surface area contributed by atoms with Crippen LogP contribution in [0.5, 0.6) is 0 Å². The number of imidazole rings is 1. The summed E-state index contributed by atoms with van der Waals surface area (Å²) in [5, 5.41) is 3.07. The smallest absolute Gasteiger partial charge is 0.356 e. The Bertz CT molecular complexity index is 546. The molecule has 0 atom stereocenters. The number of unbranched alkanes of at least 4 members (excludes halogenated alkanes) is 1. The van der Waals surface area contributed by atoms with Crippen LogP contribution >= 0.6 is 0 Å². The lowest BCUT2D eigenvalue weighted by Crippen LogP contribution is -2.10. The summed E-state index contributed by atoms with van der Waals surface area (Å²) >= 11 is 0. The molecular formula is C13H16F3N3. The molecule has 6 heteroatoms. The van der Waals surface area contributed by atoms with Crippen molar-refractivity contribution in [2.45, 2.75) is 25.4 Å². The van der Waals surface area contributed by atoms with Crippen molar-refractivity contribution < 1.29 is 13.2 Å². The average molecular weight is 271 g/mol. The van der Waals surface area contributed by atoms with E-state index in [1.54, 1.807) is 0 Å². The van der Waals surface area contributed by atoms with Crippen molar-refractivity contribution in [2.75, 3.05) is 11.9 Å². The first kappa shape index (κ1) is 13.7. The zero-order chi connectivity index (χ0) is 13.9. The summed E-state index contributed by atoms with van der Waals surface area (Å²) in [4.78, 5) is 4.39. The van der Waals surface area contributed by atoms with Gasteiger partial charge in [-0.3, -0.25) is 0 Å². The van der Waals surface area contributed by atoms with E-state index < -0.39 is 12.6 Å². The quantitative estimate of drug-likeness (QED) is 0.840. The van der Waals surface area contributed by atoms with Gasteiger partial charge in [0.25, 0.3) is 0 Å². The predicted molar refractivity (Wildman–Crippen MR) is 69.1 cm³/mol. The van der Waals surface area contributed by atoms with Gasteiger partial charge in [-0.25, -0.2) is 4.98 Å². The van der Waals surface area contributed by atoms with Gasteiger partial charge < -0.3 is 9.88 Å². The minimum Gasteiger partial charge on any atom is -0.356 e. The number of aryl methyl sites for hydroxylation is 1. The van der Waals surface area contributed by atoms with Crippen molar-refractivity contribution in [1.29, 1.82) is 0 Å². The molecule has 0 saturated heterocycles. The first-order valence-corrected chi connectivity index (χ1v) is 6.19. The third-order valence-corrected chi connectivity index (χ3v) is 2.96. The Labute approximate surface area is 109 Å². The second-order valence-corrected chi connectivity index (χ2v) is 4.48. The van der Waals surface area contributed by atoms with Crippen molar-refractivity contribution >= 4 is 17.0 Å². The molecule has 1 aromatic heterocycles. The van der Waals surface area contributed by atoms with Crippen molar-refractivity contribution in [3.63, 3.8) is 0 Å². The Morgan fingerprint density at radius 1 is 1.21 bits per heavy atom. The molecule has 0 aliphatic heterocycles. The minimum absolute atomic E-state index is 0.139. The maximum absolute atomic E-state index is 12.0. The van der Waals surface area contributed by atoms with Gasteiger partial charge in [0.2, 0.25) is 5.95 Å². The molecule has 0 spiro atoms. The molecule has 0 fully saturated rings. The number of hydrogen-bond acceptors (Lipinski definition) is 2. The molecule has 1 N–H and O–H groups in total. The highest BCUT2D eigenvalue weighted by atomic mass is 19.4. The van der Waals surface area contributed by atoms with Crippen LogP contribution in [-0.2, 0) is 7.05 Å². The highest BCUT2D eigenvalue weighted by molar-refractivity contribution is 5.78. The SMILES string of the molecule is Cn1c(NCCCCC(F)(F)F)nc2ccccc21. The summed E-state index contributed by atoms with van der Waals surface area (Å²) in [5.41, 5.74) is 1.88. The van der Waals surface area contributed by atoms with Gasteiger partial charge in [-0.2, -0.15) is 13.2 Å². The van der Waals surface area contributed by atoms with Crippen LogP contribution in [0.1, 0.15) is 19.3 Å². The van der Waals surface area contributed by atoms with Crippen molar-refractivity contribution in [2.24, 2.45) is 7.05 Å². The Kier molecular flexibility index (Phi) is 3.97. The fraction of sp³-hybridized carbons (Fsp3) is 0.462. The van der Waals surface area contributed by atoms with Crippen LogP contribution in [0.3, 0.4) is 0 Å². The van der Waals surface area contributed by atoms with E-state index in [-0.39, 0.29) is 6.42 Å². The zero-order valence-electron chi connectivity index (χ0n) is 10.7. The first-order chi connectivity index (χ1) is 8.97. The third-order valence-electron chi connectivity index (χ3n) is 2.96. The van der Waals surface area contributed by atoms with E-state index in [0.29, 0.717) is 18.9 Å². The molecule has 0 saturated carbocycles. The van der Waals surface area contributed by atoms with E-state index in [0.717, 1.165) is 11.0 Å². The fourth-order valence-corrected chi connectivity index (χ4v) is 1.95. The summed E-state index contributed by atoms with van der Waals surface area (Å²) in [6.07, 6.45) is -4.17. The van der Waals surface area contributed by atoms with Gasteiger partial charge in [0.1, 0.15) is 0 Å². The summed E-state index contributed by atoms with van der Waals surface area (Å²) in [5.74, 6) is 0.688. The van der Waals surface area contributed by atoms with Crippen molar-refractivity contribution in [1.82, 2.24) is 9.55 Å². The zero-order valence-corrected chi connectivity index (χ0v) is 10.7. The molecule has 2 rings (SSSR count). The van der Waals surface area contributed by atoms with E-state index in [2.05, 4.69) is 10.3 Å². The van der Waals surface area contributed by atoms with Gasteiger partial charge >= 0.3 is 6.18 Å². The molecule has 0 bridgehead atoms. The summed E-state index contributed by atoms with van der Waals surface area (Å²) in [7, 11) is 1.88. The Balaban J connectivity index is 1.87. The highest BCUT2D eigenvalue weighted by Gasteiger charge is 2.25. The normalized spacial score (nSPS) is 12.0. The van der Waals surface area contributed by atoms with Gasteiger partial charge in [0.05, 0.1) is 11.0 Å². The van der Waals surface area contributed by atoms with Crippen molar-refractivity contribution in [3.8, 4) is 0 Å². The molecule has 3 nitrogen and oxygen atoms in total. The minimum atomic E-state index is -4.06. The molecule has 1 heterocycles. The number of halogens is 3. The maximum Gasteiger partial charge on any atom is 0.389 e. The lowest BCUT2D eigenvalue weighted by Gasteiger charge is -2.07. The second kappa shape index (κ2) is 5.50. The standard InChI is InChI=1S/C13H16F3N3/c1-19-11-7-3-2-6-10(11)18-12(19)17-9-5-4-8-13(14,15)16/h2-3,6-7H,4-5,8-9H2,1H3,(H,17,18). The fourth-order valence-electron chi connectivity index (χ4n) is 1.95. The van der Waals surface area contributed by atoms with Gasteiger partial charge in [0, 0.05) is 20.0 Å². The molecule has 0 aliphatic rings. The van der Waals surface area contributed by atoms with Gasteiger partial charge in [0.15, 0.2) is 0 Å². The number of alkyl halides is 3. The summed E-state index contributed by atoms with van der Waals surface area (Å²) in [6, 6.07) is 7.70. The summed E-state index contributed by atoms with van der Waals surface area (Å²) < 4.78 is 37.8. The molecular weight excluding hydrogens is 255 g/mol. The number of aromatic nitrogens is 2. The van der Waals surface area contributed by atoms with Crippen LogP contribution in [0.4, 0.5) is 19.1 Å². The Morgan fingerprint density at radius 3 is 2.63 bits per heavy atom. The molecule has 2 aromatic rings. The Hall–Kier alpha value is -1.72. The van der Waals surface area contributed by atoms with Crippen molar-refractivity contribution in [3.05, 3.63) is 24.3 Å². The van der Waals surface area contributed by atoms with Crippen LogP contribution in [0.2, 0.25) is 0 Å². The number of anilines is 1. The lowest BCUT2D eigenvalue weighted by atomic mass is 10.2. The molecule has 0 aliphatic carbocycles. The van der Waals surface area contributed by atoms with Crippen LogP contribution in [0, 0.1) is 0 Å². The Morgan fingerprint density at radius 2 is 1.95 bits per heavy atom. The molecule has 0 unspecified atom stereocenters. The maximum atomic E-state index is 12.0. The monoisotopic (exact) mass is 271 g/mol. The van der Waals surface area contributed by atoms with Gasteiger partial charge in [-0.15, -0.1) is 0 Å². The van der Waals surface area contributed by atoms with E-state index >= 15 is 0 Å². The molecule has 1 aromatic carbocycles. The molecule has 0 radical (unpaired) electrons. The van der Waals surface area contributed by atoms with E-state index in [1.165, 1.54) is 0 Å². The van der Waals surface area contributed by atoms with Gasteiger partial charge in [-0.05, 0) is 25.0 Å². The van der Waals surface area contributed by atoms with E-state index in [9.17, 15) is 13.2 Å². The molecule has 104 valence electrons. The second-order valence-electron chi connectivity index (χ2n) is 4.48. The number of benzene rings is 1. The van der Waals surface area contributed by atoms with E-state index in [4.69, 9.17) is 0 Å². The topological polar surface area (TPSA) is 29.9 Å². The van der Waals surface area contributed by atoms with Crippen LogP contribution in [-0.4, -0.2) is 22.3 Å². The lowest BCUT2D eigenvalue weighted by molar-refractivity contribution is -0.135. The third kappa shape index (κ3) is 3.62. The number of nitrogens with one attached hydrogen (secondary N) is 1. The number of hydrogen-bond donors (Lipinski definition) is 1. The number of rotatable bonds is 5. The van der Waals surface area contributed by atoms with Gasteiger partial charge in [-0.1, -0.05) is 12.1 Å². The number of fused-ring (bicyclic) bond motifs is 1. The first-order valence-electron chi connectivity index (χ1n) is 6.19. The van der Waals surface area contributed by atoms with Crippen LogP contribution in [0.15, 0.2) is 24.3 Å². The largest absolute Gasteiger partial charge is 0.389 e. The van der Waals surface area contributed by atoms with Crippen LogP contribution in [0.25, 0.3) is 11.0 Å². The number of nitrogens with zero attached hydrogens (tertiary/aromatic N) is 2. The highest BCUT2D eigenvalue weighted by Crippen LogP contribution is 2.22. The molecule has 0 amide bonds. The molecule has 19 heavy (non-hydrogen) atoms. The summed E-state index contributed by atoms with van der Waals surface area (Å²) in [6.45, 7) is 0.493. The number of para-hydroxylation sites is 2. The van der Waals surface area contributed by atoms with Crippen LogP contribution < -0.4 is 5.32 Å². The average Bonchev–Trinajstić information content (AvgIpc) is 2.65.